The van der Waals surface area contributed by atoms with Crippen LogP contribution in [0.3, 0.4) is 0 Å². The van der Waals surface area contributed by atoms with Gasteiger partial charge in [-0.15, -0.1) is 0 Å². The normalized spacial score (nSPS) is 12.9. The highest BCUT2D eigenvalue weighted by Crippen LogP contribution is 2.06. The van der Waals surface area contributed by atoms with Crippen LogP contribution in [0.15, 0.2) is 29.1 Å². The van der Waals surface area contributed by atoms with Crippen molar-refractivity contribution >= 4 is 0 Å². The van der Waals surface area contributed by atoms with Gasteiger partial charge in [0, 0.05) is 0 Å². The highest BCUT2D eigenvalue weighted by atomic mass is 16.3. The van der Waals surface area contributed by atoms with Gasteiger partial charge in [-0.05, 0) is 19.1 Å². The molecule has 2 aromatic heterocycles. The Labute approximate surface area is 81.5 Å². The lowest BCUT2D eigenvalue weighted by atomic mass is 10.3. The molecule has 74 valence electrons. The van der Waals surface area contributed by atoms with Gasteiger partial charge in [-0.3, -0.25) is 5.10 Å². The molecule has 2 heterocycles. The van der Waals surface area contributed by atoms with Gasteiger partial charge in [0.05, 0.1) is 18.8 Å². The number of hydrogen-bond donors (Lipinski definition) is 2. The molecule has 5 heteroatoms. The third kappa shape index (κ3) is 2.00. The van der Waals surface area contributed by atoms with Crippen molar-refractivity contribution < 1.29 is 4.42 Å². The maximum absolute atomic E-state index is 5.19. The van der Waals surface area contributed by atoms with Crippen molar-refractivity contribution in [3.05, 3.63) is 36.3 Å². The van der Waals surface area contributed by atoms with Crippen LogP contribution in [-0.2, 0) is 6.54 Å². The number of hydrogen-bond acceptors (Lipinski definition) is 4. The minimum absolute atomic E-state index is 0.141. The molecule has 0 aliphatic heterocycles. The van der Waals surface area contributed by atoms with E-state index in [1.807, 2.05) is 19.1 Å². The molecule has 2 N–H and O–H groups in total. The minimum Gasteiger partial charge on any atom is -0.468 e. The first-order valence-corrected chi connectivity index (χ1v) is 4.47. The molecule has 0 aromatic carbocycles. The van der Waals surface area contributed by atoms with E-state index in [0.29, 0.717) is 6.54 Å². The van der Waals surface area contributed by atoms with Crippen molar-refractivity contribution in [2.45, 2.75) is 19.5 Å². The molecule has 5 nitrogen and oxygen atoms in total. The second kappa shape index (κ2) is 4.06. The predicted molar refractivity (Wildman–Crippen MR) is 50.3 cm³/mol. The maximum atomic E-state index is 5.19. The number of nitrogens with one attached hydrogen (secondary N) is 2. The Bertz CT molecular complexity index is 354. The third-order valence-corrected chi connectivity index (χ3v) is 2.01. The molecule has 0 saturated carbocycles. The number of nitrogens with zero attached hydrogens (tertiary/aromatic N) is 2. The first-order chi connectivity index (χ1) is 6.86. The van der Waals surface area contributed by atoms with Gasteiger partial charge < -0.3 is 9.73 Å². The molecule has 0 radical (unpaired) electrons. The summed E-state index contributed by atoms with van der Waals surface area (Å²) in [5, 5.41) is 9.86. The van der Waals surface area contributed by atoms with E-state index in [-0.39, 0.29) is 6.04 Å². The summed E-state index contributed by atoms with van der Waals surface area (Å²) < 4.78 is 5.19. The van der Waals surface area contributed by atoms with E-state index in [0.717, 1.165) is 11.6 Å². The lowest BCUT2D eigenvalue weighted by Crippen LogP contribution is -2.18. The lowest BCUT2D eigenvalue weighted by molar-refractivity contribution is 0.454. The quantitative estimate of drug-likeness (QED) is 0.765. The standard InChI is InChI=1S/C9H12N4O/c1-7(9-11-6-12-13-9)10-5-8-3-2-4-14-8/h2-4,6-7,10H,5H2,1H3,(H,11,12,13). The molecule has 0 fully saturated rings. The molecule has 0 aliphatic carbocycles. The van der Waals surface area contributed by atoms with Crippen molar-refractivity contribution in [3.63, 3.8) is 0 Å². The summed E-state index contributed by atoms with van der Waals surface area (Å²) in [4.78, 5) is 4.06. The third-order valence-electron chi connectivity index (χ3n) is 2.01. The van der Waals surface area contributed by atoms with Gasteiger partial charge in [0.25, 0.3) is 0 Å². The number of furan rings is 1. The van der Waals surface area contributed by atoms with Gasteiger partial charge in [-0.25, -0.2) is 4.98 Å². The van der Waals surface area contributed by atoms with Crippen LogP contribution in [-0.4, -0.2) is 15.2 Å². The van der Waals surface area contributed by atoms with E-state index >= 15 is 0 Å². The van der Waals surface area contributed by atoms with Crippen LogP contribution in [0, 0.1) is 0 Å². The average Bonchev–Trinajstić information content (AvgIpc) is 2.87. The second-order valence-electron chi connectivity index (χ2n) is 3.05. The molecule has 14 heavy (non-hydrogen) atoms. The zero-order valence-corrected chi connectivity index (χ0v) is 7.90. The van der Waals surface area contributed by atoms with Crippen molar-refractivity contribution in [2.75, 3.05) is 0 Å². The second-order valence-corrected chi connectivity index (χ2v) is 3.05. The Morgan fingerprint density at radius 2 is 2.57 bits per heavy atom. The van der Waals surface area contributed by atoms with Crippen LogP contribution in [0.4, 0.5) is 0 Å². The number of aromatic nitrogens is 3. The van der Waals surface area contributed by atoms with Crippen molar-refractivity contribution in [3.8, 4) is 0 Å². The highest BCUT2D eigenvalue weighted by molar-refractivity contribution is 4.98. The summed E-state index contributed by atoms with van der Waals surface area (Å²) >= 11 is 0. The molecule has 1 unspecified atom stereocenters. The van der Waals surface area contributed by atoms with E-state index in [9.17, 15) is 0 Å². The van der Waals surface area contributed by atoms with E-state index in [2.05, 4.69) is 20.5 Å². The Hall–Kier alpha value is -1.62. The number of aromatic amines is 1. The maximum Gasteiger partial charge on any atom is 0.141 e. The Kier molecular flexibility index (Phi) is 2.60. The van der Waals surface area contributed by atoms with Gasteiger partial charge >= 0.3 is 0 Å². The highest BCUT2D eigenvalue weighted by Gasteiger charge is 2.07. The predicted octanol–water partition coefficient (Wildman–Crippen LogP) is 1.25. The van der Waals surface area contributed by atoms with Crippen LogP contribution in [0.2, 0.25) is 0 Å². The van der Waals surface area contributed by atoms with Crippen molar-refractivity contribution in [1.29, 1.82) is 0 Å². The fraction of sp³-hybridized carbons (Fsp3) is 0.333. The van der Waals surface area contributed by atoms with Crippen LogP contribution in [0.1, 0.15) is 24.6 Å². The van der Waals surface area contributed by atoms with Crippen LogP contribution in [0.5, 0.6) is 0 Å². The van der Waals surface area contributed by atoms with E-state index in [4.69, 9.17) is 4.42 Å². The Morgan fingerprint density at radius 1 is 1.64 bits per heavy atom. The molecule has 1 atom stereocenters. The fourth-order valence-corrected chi connectivity index (χ4v) is 1.19. The zero-order chi connectivity index (χ0) is 9.80. The van der Waals surface area contributed by atoms with E-state index in [1.165, 1.54) is 6.33 Å². The lowest BCUT2D eigenvalue weighted by Gasteiger charge is -2.08. The van der Waals surface area contributed by atoms with Gasteiger partial charge in [-0.1, -0.05) is 0 Å². The average molecular weight is 192 g/mol. The molecule has 2 aromatic rings. The summed E-state index contributed by atoms with van der Waals surface area (Å²) in [5.41, 5.74) is 0. The van der Waals surface area contributed by atoms with Crippen LogP contribution in [0.25, 0.3) is 0 Å². The molecular weight excluding hydrogens is 180 g/mol. The monoisotopic (exact) mass is 192 g/mol. The minimum atomic E-state index is 0.141. The SMILES string of the molecule is CC(NCc1ccco1)c1ncn[nH]1. The summed E-state index contributed by atoms with van der Waals surface area (Å²) in [6.07, 6.45) is 3.16. The molecule has 0 saturated heterocycles. The summed E-state index contributed by atoms with van der Waals surface area (Å²) in [7, 11) is 0. The van der Waals surface area contributed by atoms with Gasteiger partial charge in [0.2, 0.25) is 0 Å². The van der Waals surface area contributed by atoms with E-state index in [1.54, 1.807) is 6.26 Å². The smallest absolute Gasteiger partial charge is 0.141 e. The van der Waals surface area contributed by atoms with Crippen LogP contribution >= 0.6 is 0 Å². The first kappa shape index (κ1) is 8.96. The van der Waals surface area contributed by atoms with Crippen LogP contribution < -0.4 is 5.32 Å². The van der Waals surface area contributed by atoms with Gasteiger partial charge in [-0.2, -0.15) is 5.10 Å². The largest absolute Gasteiger partial charge is 0.468 e. The van der Waals surface area contributed by atoms with Crippen molar-refractivity contribution in [2.24, 2.45) is 0 Å². The topological polar surface area (TPSA) is 66.7 Å². The summed E-state index contributed by atoms with van der Waals surface area (Å²) in [6, 6.07) is 3.94. The number of H-pyrrole nitrogens is 1. The summed E-state index contributed by atoms with van der Waals surface area (Å²) in [5.74, 6) is 1.74. The molecular formula is C9H12N4O. The Morgan fingerprint density at radius 3 is 3.21 bits per heavy atom. The van der Waals surface area contributed by atoms with Gasteiger partial charge in [0.1, 0.15) is 17.9 Å². The fourth-order valence-electron chi connectivity index (χ4n) is 1.19. The zero-order valence-electron chi connectivity index (χ0n) is 7.90. The molecule has 0 amide bonds. The van der Waals surface area contributed by atoms with Gasteiger partial charge in [0.15, 0.2) is 0 Å². The first-order valence-electron chi connectivity index (χ1n) is 4.47. The molecule has 0 aliphatic rings. The number of rotatable bonds is 4. The summed E-state index contributed by atoms with van der Waals surface area (Å²) in [6.45, 7) is 2.71. The molecule has 0 spiro atoms. The molecule has 0 bridgehead atoms. The molecule has 2 rings (SSSR count). The Balaban J connectivity index is 1.87. The van der Waals surface area contributed by atoms with Crippen molar-refractivity contribution in [1.82, 2.24) is 20.5 Å². The van der Waals surface area contributed by atoms with E-state index < -0.39 is 0 Å².